The molecule has 0 saturated heterocycles. The molecule has 3 N–H and O–H groups in total. The van der Waals surface area contributed by atoms with Crippen LogP contribution in [0.2, 0.25) is 0 Å². The maximum absolute atomic E-state index is 7.28. The topological polar surface area (TPSA) is 84.9 Å². The molecule has 0 radical (unpaired) electrons. The standard InChI is InChI=1S/C11H9BrN4O/c12-7-3-1-2-4-9(7)17-11-15-6-5-8(16-11)10(13)14/h1-6H,(H3,13,14). The molecule has 86 valence electrons. The molecule has 0 saturated carbocycles. The molecule has 1 aromatic heterocycles. The predicted molar refractivity (Wildman–Crippen MR) is 67.3 cm³/mol. The minimum absolute atomic E-state index is 0.121. The first kappa shape index (κ1) is 11.5. The van der Waals surface area contributed by atoms with Crippen LogP contribution < -0.4 is 10.5 Å². The van der Waals surface area contributed by atoms with Gasteiger partial charge >= 0.3 is 6.01 Å². The SMILES string of the molecule is N=C(N)c1ccnc(Oc2ccccc2Br)n1. The Bertz CT molecular complexity index is 559. The Labute approximate surface area is 106 Å². The second-order valence-corrected chi connectivity index (χ2v) is 4.02. The lowest BCUT2D eigenvalue weighted by atomic mass is 10.3. The van der Waals surface area contributed by atoms with Crippen LogP contribution in [0, 0.1) is 5.41 Å². The lowest BCUT2D eigenvalue weighted by molar-refractivity contribution is 0.438. The summed E-state index contributed by atoms with van der Waals surface area (Å²) in [5.41, 5.74) is 5.67. The molecule has 6 heteroatoms. The summed E-state index contributed by atoms with van der Waals surface area (Å²) in [7, 11) is 0. The van der Waals surface area contributed by atoms with E-state index in [1.165, 1.54) is 6.20 Å². The first-order valence-electron chi connectivity index (χ1n) is 4.76. The van der Waals surface area contributed by atoms with E-state index >= 15 is 0 Å². The van der Waals surface area contributed by atoms with Gasteiger partial charge in [-0.2, -0.15) is 4.98 Å². The van der Waals surface area contributed by atoms with Crippen LogP contribution in [-0.4, -0.2) is 15.8 Å². The van der Waals surface area contributed by atoms with Crippen molar-refractivity contribution in [3.8, 4) is 11.8 Å². The summed E-state index contributed by atoms with van der Waals surface area (Å²) < 4.78 is 6.28. The molecule has 2 aromatic rings. The third-order valence-corrected chi connectivity index (χ3v) is 2.60. The molecule has 0 aliphatic heterocycles. The Morgan fingerprint density at radius 3 is 2.76 bits per heavy atom. The van der Waals surface area contributed by atoms with Crippen LogP contribution in [-0.2, 0) is 0 Å². The predicted octanol–water partition coefficient (Wildman–Crippen LogP) is 2.32. The quantitative estimate of drug-likeness (QED) is 0.671. The molecular formula is C11H9BrN4O. The van der Waals surface area contributed by atoms with E-state index in [9.17, 15) is 0 Å². The molecule has 1 aromatic carbocycles. The van der Waals surface area contributed by atoms with Crippen molar-refractivity contribution in [2.24, 2.45) is 5.73 Å². The zero-order valence-electron chi connectivity index (χ0n) is 8.72. The molecule has 1 heterocycles. The molecule has 0 aliphatic carbocycles. The first-order chi connectivity index (χ1) is 8.16. The lowest BCUT2D eigenvalue weighted by Gasteiger charge is -2.06. The van der Waals surface area contributed by atoms with E-state index in [1.807, 2.05) is 18.2 Å². The van der Waals surface area contributed by atoms with Crippen LogP contribution in [0.4, 0.5) is 0 Å². The highest BCUT2D eigenvalue weighted by Crippen LogP contribution is 2.27. The number of ether oxygens (including phenoxy) is 1. The van der Waals surface area contributed by atoms with Crippen molar-refractivity contribution in [1.82, 2.24) is 9.97 Å². The van der Waals surface area contributed by atoms with Gasteiger partial charge in [-0.05, 0) is 34.1 Å². The van der Waals surface area contributed by atoms with Crippen LogP contribution in [0.5, 0.6) is 11.8 Å². The third-order valence-electron chi connectivity index (χ3n) is 1.95. The van der Waals surface area contributed by atoms with Gasteiger partial charge in [-0.15, -0.1) is 0 Å². The Morgan fingerprint density at radius 1 is 1.29 bits per heavy atom. The van der Waals surface area contributed by atoms with Gasteiger partial charge in [-0.25, -0.2) is 4.98 Å². The van der Waals surface area contributed by atoms with Crippen molar-refractivity contribution < 1.29 is 4.74 Å². The second-order valence-electron chi connectivity index (χ2n) is 3.17. The number of nitrogens with zero attached hydrogens (tertiary/aromatic N) is 2. The molecule has 2 rings (SSSR count). The molecule has 0 amide bonds. The van der Waals surface area contributed by atoms with E-state index in [1.54, 1.807) is 12.1 Å². The largest absolute Gasteiger partial charge is 0.423 e. The number of halogens is 1. The maximum Gasteiger partial charge on any atom is 0.322 e. The summed E-state index contributed by atoms with van der Waals surface area (Å²) in [4.78, 5) is 7.96. The minimum atomic E-state index is -0.121. The molecule has 0 spiro atoms. The molecule has 0 unspecified atom stereocenters. The smallest absolute Gasteiger partial charge is 0.322 e. The van der Waals surface area contributed by atoms with E-state index in [0.717, 1.165) is 4.47 Å². The van der Waals surface area contributed by atoms with Crippen molar-refractivity contribution >= 4 is 21.8 Å². The van der Waals surface area contributed by atoms with Crippen LogP contribution in [0.1, 0.15) is 5.69 Å². The molecule has 17 heavy (non-hydrogen) atoms. The van der Waals surface area contributed by atoms with Crippen molar-refractivity contribution in [2.75, 3.05) is 0 Å². The zero-order valence-corrected chi connectivity index (χ0v) is 10.3. The number of para-hydroxylation sites is 1. The summed E-state index contributed by atoms with van der Waals surface area (Å²) in [6.45, 7) is 0. The molecule has 0 aliphatic rings. The van der Waals surface area contributed by atoms with Crippen molar-refractivity contribution in [3.63, 3.8) is 0 Å². The normalized spacial score (nSPS) is 9.94. The number of nitrogens with two attached hydrogens (primary N) is 1. The van der Waals surface area contributed by atoms with E-state index in [2.05, 4.69) is 25.9 Å². The van der Waals surface area contributed by atoms with Gasteiger partial charge in [0.25, 0.3) is 0 Å². The highest BCUT2D eigenvalue weighted by Gasteiger charge is 2.06. The Balaban J connectivity index is 2.28. The fourth-order valence-electron chi connectivity index (χ4n) is 1.17. The number of nitrogens with one attached hydrogen (secondary N) is 1. The highest BCUT2D eigenvalue weighted by molar-refractivity contribution is 9.10. The maximum atomic E-state index is 7.28. The van der Waals surface area contributed by atoms with E-state index < -0.39 is 0 Å². The number of aromatic nitrogens is 2. The van der Waals surface area contributed by atoms with Gasteiger partial charge in [-0.1, -0.05) is 12.1 Å². The van der Waals surface area contributed by atoms with E-state index in [4.69, 9.17) is 15.9 Å². The summed E-state index contributed by atoms with van der Waals surface area (Å²) >= 11 is 3.35. The summed E-state index contributed by atoms with van der Waals surface area (Å²) in [5, 5.41) is 7.28. The first-order valence-corrected chi connectivity index (χ1v) is 5.56. The molecule has 0 bridgehead atoms. The molecule has 0 fully saturated rings. The Morgan fingerprint density at radius 2 is 2.06 bits per heavy atom. The number of hydrogen-bond donors (Lipinski definition) is 2. The van der Waals surface area contributed by atoms with E-state index in [-0.39, 0.29) is 11.8 Å². The Hall–Kier alpha value is -1.95. The molecule has 0 atom stereocenters. The van der Waals surface area contributed by atoms with Crippen LogP contribution in [0.15, 0.2) is 41.0 Å². The highest BCUT2D eigenvalue weighted by atomic mass is 79.9. The second kappa shape index (κ2) is 4.92. The fraction of sp³-hybridized carbons (Fsp3) is 0. The zero-order chi connectivity index (χ0) is 12.3. The van der Waals surface area contributed by atoms with Crippen LogP contribution >= 0.6 is 15.9 Å². The fourth-order valence-corrected chi connectivity index (χ4v) is 1.53. The van der Waals surface area contributed by atoms with Gasteiger partial charge in [0.05, 0.1) is 4.47 Å². The summed E-state index contributed by atoms with van der Waals surface area (Å²) in [6.07, 6.45) is 1.50. The van der Waals surface area contributed by atoms with Gasteiger partial charge in [0.1, 0.15) is 17.3 Å². The third kappa shape index (κ3) is 2.79. The van der Waals surface area contributed by atoms with Gasteiger partial charge < -0.3 is 10.5 Å². The van der Waals surface area contributed by atoms with E-state index in [0.29, 0.717) is 11.4 Å². The number of hydrogen-bond acceptors (Lipinski definition) is 4. The number of amidine groups is 1. The van der Waals surface area contributed by atoms with Crippen LogP contribution in [0.3, 0.4) is 0 Å². The van der Waals surface area contributed by atoms with Gasteiger partial charge in [0.2, 0.25) is 0 Å². The number of benzene rings is 1. The number of nitrogen functional groups attached to an aromatic ring is 1. The average Bonchev–Trinajstić information content (AvgIpc) is 2.32. The van der Waals surface area contributed by atoms with Crippen LogP contribution in [0.25, 0.3) is 0 Å². The van der Waals surface area contributed by atoms with Gasteiger partial charge in [0, 0.05) is 6.20 Å². The van der Waals surface area contributed by atoms with Crippen molar-refractivity contribution in [1.29, 1.82) is 5.41 Å². The monoisotopic (exact) mass is 292 g/mol. The molecule has 5 nitrogen and oxygen atoms in total. The summed E-state index contributed by atoms with van der Waals surface area (Å²) in [6, 6.07) is 9.07. The average molecular weight is 293 g/mol. The lowest BCUT2D eigenvalue weighted by Crippen LogP contribution is -2.13. The molecular weight excluding hydrogens is 284 g/mol. The van der Waals surface area contributed by atoms with Crippen molar-refractivity contribution in [2.45, 2.75) is 0 Å². The minimum Gasteiger partial charge on any atom is -0.423 e. The van der Waals surface area contributed by atoms with Crippen molar-refractivity contribution in [3.05, 3.63) is 46.7 Å². The van der Waals surface area contributed by atoms with Gasteiger partial charge in [-0.3, -0.25) is 5.41 Å². The van der Waals surface area contributed by atoms with Gasteiger partial charge in [0.15, 0.2) is 0 Å². The Kier molecular flexibility index (Phi) is 3.34. The summed E-state index contributed by atoms with van der Waals surface area (Å²) in [5.74, 6) is 0.484. The number of rotatable bonds is 3.